The van der Waals surface area contributed by atoms with Gasteiger partial charge in [0.15, 0.2) is 0 Å². The number of aromatic nitrogens is 3. The summed E-state index contributed by atoms with van der Waals surface area (Å²) in [6.07, 6.45) is 0. The van der Waals surface area contributed by atoms with Gasteiger partial charge in [-0.3, -0.25) is 0 Å². The molecular weight excluding hydrogens is 619 g/mol. The Balaban J connectivity index is 1.06. The third kappa shape index (κ3) is 3.57. The Morgan fingerprint density at radius 1 is 0.255 bits per heavy atom. The van der Waals surface area contributed by atoms with Crippen molar-refractivity contribution in [3.8, 4) is 22.5 Å². The fourth-order valence-corrected chi connectivity index (χ4v) is 9.00. The Kier molecular flexibility index (Phi) is 5.23. The molecule has 0 aliphatic carbocycles. The third-order valence-electron chi connectivity index (χ3n) is 11.2. The topological polar surface area (TPSA) is 14.3 Å². The number of nitrogens with zero attached hydrogens (tertiary/aromatic N) is 3. The van der Waals surface area contributed by atoms with Gasteiger partial charge in [0.2, 0.25) is 0 Å². The number of fused-ring (bicyclic) bond motifs is 12. The summed E-state index contributed by atoms with van der Waals surface area (Å²) < 4.78 is 7.27. The van der Waals surface area contributed by atoms with Crippen LogP contribution in [0, 0.1) is 0 Å². The predicted octanol–water partition coefficient (Wildman–Crippen LogP) is 12.7. The highest BCUT2D eigenvalue weighted by Crippen LogP contribution is 2.42. The molecular formula is C48H29N3. The van der Waals surface area contributed by atoms with E-state index in [1.54, 1.807) is 0 Å². The van der Waals surface area contributed by atoms with Gasteiger partial charge in [0.1, 0.15) is 0 Å². The maximum Gasteiger partial charge on any atom is 0.0620 e. The van der Waals surface area contributed by atoms with Gasteiger partial charge in [-0.05, 0) is 83.9 Å². The molecule has 0 amide bonds. The molecule has 0 bridgehead atoms. The number of para-hydroxylation sites is 5. The average molecular weight is 648 g/mol. The first-order valence-electron chi connectivity index (χ1n) is 17.6. The molecule has 0 aliphatic heterocycles. The molecule has 0 radical (unpaired) electrons. The molecule has 0 saturated carbocycles. The van der Waals surface area contributed by atoms with Crippen molar-refractivity contribution < 1.29 is 0 Å². The van der Waals surface area contributed by atoms with E-state index in [0.29, 0.717) is 0 Å². The SMILES string of the molecule is c1ccc(-n2c3ccccc3c3cc(-c4ccc5c(c4)c4ccccc4n5-c4ccc5c(c4)c4cccc6c7ccccc7n5c64)ccc32)cc1. The van der Waals surface area contributed by atoms with Gasteiger partial charge < -0.3 is 13.5 Å². The van der Waals surface area contributed by atoms with Crippen LogP contribution in [-0.4, -0.2) is 13.5 Å². The second-order valence-electron chi connectivity index (χ2n) is 13.8. The minimum atomic E-state index is 1.18. The monoisotopic (exact) mass is 647 g/mol. The van der Waals surface area contributed by atoms with E-state index in [9.17, 15) is 0 Å². The molecule has 0 unspecified atom stereocenters. The van der Waals surface area contributed by atoms with Crippen LogP contribution in [0.25, 0.3) is 104 Å². The molecule has 0 fully saturated rings. The lowest BCUT2D eigenvalue weighted by atomic mass is 10.0. The molecule has 0 aliphatic rings. The van der Waals surface area contributed by atoms with E-state index < -0.39 is 0 Å². The lowest BCUT2D eigenvalue weighted by Gasteiger charge is -2.10. The van der Waals surface area contributed by atoms with E-state index in [1.807, 2.05) is 0 Å². The van der Waals surface area contributed by atoms with Crippen LogP contribution in [0.4, 0.5) is 0 Å². The standard InChI is InChI=1S/C48H29N3/c1-2-11-32(12-3-1)49-42-18-7-5-14-35(42)39-27-30(21-24-45(39)49)31-22-25-46-40(28-31)36-15-6-8-19-43(36)50(46)33-23-26-47-41(29-33)38-17-10-16-37-34-13-4-9-20-44(34)51(47)48(37)38/h1-29H. The van der Waals surface area contributed by atoms with Crippen LogP contribution in [0.2, 0.25) is 0 Å². The van der Waals surface area contributed by atoms with Crippen molar-refractivity contribution >= 4 is 81.7 Å². The smallest absolute Gasteiger partial charge is 0.0620 e. The first kappa shape index (κ1) is 27.0. The Hall–Kier alpha value is -6.84. The first-order chi connectivity index (χ1) is 25.3. The van der Waals surface area contributed by atoms with Crippen LogP contribution in [0.15, 0.2) is 176 Å². The highest BCUT2D eigenvalue weighted by atomic mass is 15.0. The minimum absolute atomic E-state index is 1.18. The van der Waals surface area contributed by atoms with Crippen molar-refractivity contribution in [3.05, 3.63) is 176 Å². The first-order valence-corrected chi connectivity index (χ1v) is 17.6. The van der Waals surface area contributed by atoms with Crippen molar-refractivity contribution in [1.82, 2.24) is 13.5 Å². The van der Waals surface area contributed by atoms with E-state index in [1.165, 1.54) is 104 Å². The lowest BCUT2D eigenvalue weighted by molar-refractivity contribution is 1.18. The van der Waals surface area contributed by atoms with Crippen LogP contribution in [0.5, 0.6) is 0 Å². The highest BCUT2D eigenvalue weighted by molar-refractivity contribution is 6.23. The zero-order valence-corrected chi connectivity index (χ0v) is 27.6. The second-order valence-corrected chi connectivity index (χ2v) is 13.8. The van der Waals surface area contributed by atoms with Gasteiger partial charge in [0.05, 0.1) is 38.6 Å². The normalized spacial score (nSPS) is 12.3. The Labute approximate surface area is 292 Å². The zero-order valence-electron chi connectivity index (χ0n) is 27.6. The molecule has 3 heteroatoms. The van der Waals surface area contributed by atoms with Crippen molar-refractivity contribution in [1.29, 1.82) is 0 Å². The van der Waals surface area contributed by atoms with Crippen LogP contribution in [0.3, 0.4) is 0 Å². The maximum atomic E-state index is 2.45. The number of rotatable bonds is 3. The molecule has 0 atom stereocenters. The van der Waals surface area contributed by atoms with Crippen molar-refractivity contribution in [2.24, 2.45) is 0 Å². The molecule has 4 heterocycles. The molecule has 12 aromatic rings. The highest BCUT2D eigenvalue weighted by Gasteiger charge is 2.19. The van der Waals surface area contributed by atoms with E-state index in [4.69, 9.17) is 0 Å². The van der Waals surface area contributed by atoms with E-state index in [-0.39, 0.29) is 0 Å². The summed E-state index contributed by atoms with van der Waals surface area (Å²) in [6.45, 7) is 0. The largest absolute Gasteiger partial charge is 0.309 e. The summed E-state index contributed by atoms with van der Waals surface area (Å²) in [5.41, 5.74) is 13.5. The Bertz CT molecular complexity index is 3360. The predicted molar refractivity (Wildman–Crippen MR) is 215 cm³/mol. The van der Waals surface area contributed by atoms with Gasteiger partial charge in [-0.2, -0.15) is 0 Å². The summed E-state index contributed by atoms with van der Waals surface area (Å²) in [7, 11) is 0. The zero-order chi connectivity index (χ0) is 33.2. The van der Waals surface area contributed by atoms with Gasteiger partial charge in [-0.15, -0.1) is 0 Å². The van der Waals surface area contributed by atoms with E-state index in [0.717, 1.165) is 0 Å². The third-order valence-corrected chi connectivity index (χ3v) is 11.2. The Morgan fingerprint density at radius 2 is 0.686 bits per heavy atom. The van der Waals surface area contributed by atoms with Crippen LogP contribution >= 0.6 is 0 Å². The average Bonchev–Trinajstić information content (AvgIpc) is 3.92. The quantitative estimate of drug-likeness (QED) is 0.181. The molecule has 0 N–H and O–H groups in total. The van der Waals surface area contributed by atoms with Gasteiger partial charge in [0, 0.05) is 54.5 Å². The second kappa shape index (κ2) is 9.87. The van der Waals surface area contributed by atoms with Crippen molar-refractivity contribution in [2.45, 2.75) is 0 Å². The van der Waals surface area contributed by atoms with Gasteiger partial charge >= 0.3 is 0 Å². The molecule has 0 spiro atoms. The fraction of sp³-hybridized carbons (Fsp3) is 0. The molecule has 236 valence electrons. The number of hydrogen-bond acceptors (Lipinski definition) is 0. The fourth-order valence-electron chi connectivity index (χ4n) is 9.00. The maximum absolute atomic E-state index is 2.45. The van der Waals surface area contributed by atoms with E-state index >= 15 is 0 Å². The van der Waals surface area contributed by atoms with Crippen molar-refractivity contribution in [2.75, 3.05) is 0 Å². The van der Waals surface area contributed by atoms with Gasteiger partial charge in [-0.25, -0.2) is 0 Å². The van der Waals surface area contributed by atoms with Gasteiger partial charge in [0.25, 0.3) is 0 Å². The van der Waals surface area contributed by atoms with E-state index in [2.05, 4.69) is 189 Å². The Morgan fingerprint density at radius 3 is 1.33 bits per heavy atom. The van der Waals surface area contributed by atoms with Gasteiger partial charge in [-0.1, -0.05) is 103 Å². The van der Waals surface area contributed by atoms with Crippen molar-refractivity contribution in [3.63, 3.8) is 0 Å². The molecule has 3 nitrogen and oxygen atoms in total. The van der Waals surface area contributed by atoms with Crippen LogP contribution in [-0.2, 0) is 0 Å². The number of hydrogen-bond donors (Lipinski definition) is 0. The number of benzene rings is 8. The summed E-state index contributed by atoms with van der Waals surface area (Å²) in [5.74, 6) is 0. The molecule has 0 saturated heterocycles. The molecule has 4 aromatic heterocycles. The summed E-state index contributed by atoms with van der Waals surface area (Å²) in [5, 5.41) is 10.3. The molecule has 51 heavy (non-hydrogen) atoms. The lowest BCUT2D eigenvalue weighted by Crippen LogP contribution is -1.94. The molecule has 12 rings (SSSR count). The minimum Gasteiger partial charge on any atom is -0.309 e. The summed E-state index contributed by atoms with van der Waals surface area (Å²) in [6, 6.07) is 64.7. The van der Waals surface area contributed by atoms with Crippen LogP contribution in [0.1, 0.15) is 0 Å². The summed E-state index contributed by atoms with van der Waals surface area (Å²) >= 11 is 0. The van der Waals surface area contributed by atoms with Crippen LogP contribution < -0.4 is 0 Å². The molecule has 8 aromatic carbocycles. The summed E-state index contributed by atoms with van der Waals surface area (Å²) in [4.78, 5) is 0.